The van der Waals surface area contributed by atoms with E-state index in [9.17, 15) is 0 Å². The first kappa shape index (κ1) is 13.9. The fraction of sp³-hybridized carbons (Fsp3) is 1.00. The summed E-state index contributed by atoms with van der Waals surface area (Å²) in [5.41, 5.74) is 0. The zero-order valence-electron chi connectivity index (χ0n) is 12.5. The highest BCUT2D eigenvalue weighted by atomic mass is 16.6. The molecular weight excluding hydrogens is 236 g/mol. The van der Waals surface area contributed by atoms with Crippen molar-refractivity contribution in [3.63, 3.8) is 0 Å². The standard InChI is InChI=1S/C10H18.C7H12O2/c1-2-3-8-4-5-9-7-10(9)6-8;1-2-6(3-1)8-4-7-5-9-7/h8-10H,2-7H2,1H3;6-7H,1-5H2. The summed E-state index contributed by atoms with van der Waals surface area (Å²) in [6.07, 6.45) is 14.1. The van der Waals surface area contributed by atoms with E-state index in [0.29, 0.717) is 12.2 Å². The summed E-state index contributed by atoms with van der Waals surface area (Å²) < 4.78 is 10.5. The van der Waals surface area contributed by atoms with Crippen LogP contribution >= 0.6 is 0 Å². The molecule has 4 aliphatic rings. The summed E-state index contributed by atoms with van der Waals surface area (Å²) >= 11 is 0. The molecular formula is C17H30O2. The van der Waals surface area contributed by atoms with Gasteiger partial charge in [-0.2, -0.15) is 0 Å². The van der Waals surface area contributed by atoms with Gasteiger partial charge in [-0.05, 0) is 56.3 Å². The zero-order chi connectivity index (χ0) is 13.1. The van der Waals surface area contributed by atoms with Crippen molar-refractivity contribution >= 4 is 0 Å². The fourth-order valence-electron chi connectivity index (χ4n) is 3.56. The second-order valence-corrected chi connectivity index (χ2v) is 7.07. The topological polar surface area (TPSA) is 21.8 Å². The number of rotatable bonds is 5. The van der Waals surface area contributed by atoms with Crippen molar-refractivity contribution in [2.45, 2.75) is 76.9 Å². The van der Waals surface area contributed by atoms with Gasteiger partial charge in [0.2, 0.25) is 0 Å². The van der Waals surface area contributed by atoms with Crippen LogP contribution in [0.2, 0.25) is 0 Å². The van der Waals surface area contributed by atoms with E-state index in [0.717, 1.165) is 19.1 Å². The lowest BCUT2D eigenvalue weighted by molar-refractivity contribution is -0.00471. The van der Waals surface area contributed by atoms with Crippen LogP contribution in [0.1, 0.15) is 64.7 Å². The molecule has 4 rings (SSSR count). The monoisotopic (exact) mass is 266 g/mol. The summed E-state index contributed by atoms with van der Waals surface area (Å²) in [6.45, 7) is 4.08. The number of epoxide rings is 1. The molecule has 3 aliphatic carbocycles. The third kappa shape index (κ3) is 4.46. The molecule has 0 spiro atoms. The zero-order valence-corrected chi connectivity index (χ0v) is 12.5. The van der Waals surface area contributed by atoms with Crippen LogP contribution in [0, 0.1) is 17.8 Å². The van der Waals surface area contributed by atoms with E-state index in [1.807, 2.05) is 0 Å². The van der Waals surface area contributed by atoms with Gasteiger partial charge >= 0.3 is 0 Å². The lowest BCUT2D eigenvalue weighted by Gasteiger charge is -2.24. The lowest BCUT2D eigenvalue weighted by Crippen LogP contribution is -2.23. The van der Waals surface area contributed by atoms with E-state index in [4.69, 9.17) is 9.47 Å². The van der Waals surface area contributed by atoms with Crippen molar-refractivity contribution in [2.75, 3.05) is 13.2 Å². The summed E-state index contributed by atoms with van der Waals surface area (Å²) in [4.78, 5) is 0. The van der Waals surface area contributed by atoms with Gasteiger partial charge in [-0.1, -0.05) is 26.2 Å². The van der Waals surface area contributed by atoms with E-state index >= 15 is 0 Å². The van der Waals surface area contributed by atoms with Gasteiger partial charge < -0.3 is 9.47 Å². The minimum Gasteiger partial charge on any atom is -0.375 e. The number of hydrogen-bond donors (Lipinski definition) is 0. The van der Waals surface area contributed by atoms with Crippen molar-refractivity contribution in [3.05, 3.63) is 0 Å². The average Bonchev–Trinajstić information content (AvgIpc) is 3.23. The second kappa shape index (κ2) is 6.58. The average molecular weight is 266 g/mol. The number of fused-ring (bicyclic) bond motifs is 1. The van der Waals surface area contributed by atoms with Crippen LogP contribution in [-0.2, 0) is 9.47 Å². The van der Waals surface area contributed by atoms with Crippen LogP contribution in [-0.4, -0.2) is 25.4 Å². The molecule has 0 N–H and O–H groups in total. The Morgan fingerprint density at radius 2 is 1.89 bits per heavy atom. The first-order valence-corrected chi connectivity index (χ1v) is 8.58. The minimum absolute atomic E-state index is 0.450. The Morgan fingerprint density at radius 1 is 1.05 bits per heavy atom. The van der Waals surface area contributed by atoms with Gasteiger partial charge in [0.25, 0.3) is 0 Å². The Hall–Kier alpha value is -0.0800. The van der Waals surface area contributed by atoms with Crippen LogP contribution in [0.15, 0.2) is 0 Å². The molecule has 1 aliphatic heterocycles. The molecule has 19 heavy (non-hydrogen) atoms. The van der Waals surface area contributed by atoms with E-state index in [2.05, 4.69) is 6.92 Å². The highest BCUT2D eigenvalue weighted by molar-refractivity contribution is 4.92. The maximum absolute atomic E-state index is 5.48. The van der Waals surface area contributed by atoms with Crippen molar-refractivity contribution in [1.82, 2.24) is 0 Å². The second-order valence-electron chi connectivity index (χ2n) is 7.07. The normalized spacial score (nSPS) is 39.6. The summed E-state index contributed by atoms with van der Waals surface area (Å²) in [5, 5.41) is 0. The van der Waals surface area contributed by atoms with Gasteiger partial charge in [0.1, 0.15) is 6.10 Å². The Balaban J connectivity index is 0.000000117. The first-order chi connectivity index (χ1) is 9.35. The SMILES string of the molecule is C1CC(OCC2CO2)C1.CCCC1CCC2CC2C1. The molecule has 1 saturated heterocycles. The molecule has 0 aromatic heterocycles. The van der Waals surface area contributed by atoms with Gasteiger partial charge in [-0.3, -0.25) is 0 Å². The van der Waals surface area contributed by atoms with Crippen LogP contribution in [0.5, 0.6) is 0 Å². The maximum atomic E-state index is 5.48. The van der Waals surface area contributed by atoms with Crippen molar-refractivity contribution in [3.8, 4) is 0 Å². The molecule has 4 fully saturated rings. The molecule has 2 nitrogen and oxygen atoms in total. The van der Waals surface area contributed by atoms with E-state index in [1.54, 1.807) is 25.7 Å². The fourth-order valence-corrected chi connectivity index (χ4v) is 3.56. The predicted molar refractivity (Wildman–Crippen MR) is 77.2 cm³/mol. The Labute approximate surface area is 118 Å². The Morgan fingerprint density at radius 3 is 2.47 bits per heavy atom. The lowest BCUT2D eigenvalue weighted by atomic mass is 9.86. The maximum Gasteiger partial charge on any atom is 0.104 e. The minimum atomic E-state index is 0.450. The van der Waals surface area contributed by atoms with Gasteiger partial charge in [-0.25, -0.2) is 0 Å². The van der Waals surface area contributed by atoms with Gasteiger partial charge in [0.15, 0.2) is 0 Å². The van der Waals surface area contributed by atoms with Gasteiger partial charge in [0.05, 0.1) is 19.3 Å². The molecule has 110 valence electrons. The molecule has 4 unspecified atom stereocenters. The highest BCUT2D eigenvalue weighted by Crippen LogP contribution is 2.52. The van der Waals surface area contributed by atoms with E-state index < -0.39 is 0 Å². The molecule has 0 bridgehead atoms. The molecule has 0 radical (unpaired) electrons. The Bertz CT molecular complexity index is 270. The molecule has 0 amide bonds. The molecule has 0 aromatic carbocycles. The molecule has 4 atom stereocenters. The summed E-state index contributed by atoms with van der Waals surface area (Å²) in [7, 11) is 0. The smallest absolute Gasteiger partial charge is 0.104 e. The molecule has 1 heterocycles. The quantitative estimate of drug-likeness (QED) is 0.696. The van der Waals surface area contributed by atoms with Gasteiger partial charge in [0, 0.05) is 0 Å². The van der Waals surface area contributed by atoms with Crippen molar-refractivity contribution in [1.29, 1.82) is 0 Å². The van der Waals surface area contributed by atoms with E-state index in [1.165, 1.54) is 43.9 Å². The largest absolute Gasteiger partial charge is 0.375 e. The molecule has 3 saturated carbocycles. The van der Waals surface area contributed by atoms with Crippen molar-refractivity contribution < 1.29 is 9.47 Å². The highest BCUT2D eigenvalue weighted by Gasteiger charge is 2.41. The van der Waals surface area contributed by atoms with Crippen LogP contribution in [0.3, 0.4) is 0 Å². The van der Waals surface area contributed by atoms with E-state index in [-0.39, 0.29) is 0 Å². The first-order valence-electron chi connectivity index (χ1n) is 8.58. The number of hydrogen-bond acceptors (Lipinski definition) is 2. The summed E-state index contributed by atoms with van der Waals surface area (Å²) in [5.74, 6) is 3.49. The van der Waals surface area contributed by atoms with Crippen LogP contribution in [0.25, 0.3) is 0 Å². The van der Waals surface area contributed by atoms with Crippen molar-refractivity contribution in [2.24, 2.45) is 17.8 Å². The molecule has 2 heteroatoms. The Kier molecular flexibility index (Phi) is 4.81. The predicted octanol–water partition coefficient (Wildman–Crippen LogP) is 4.18. The van der Waals surface area contributed by atoms with Crippen LogP contribution < -0.4 is 0 Å². The third-order valence-corrected chi connectivity index (χ3v) is 5.32. The summed E-state index contributed by atoms with van der Waals surface area (Å²) in [6, 6.07) is 0. The third-order valence-electron chi connectivity index (χ3n) is 5.32. The molecule has 0 aromatic rings. The van der Waals surface area contributed by atoms with Crippen LogP contribution in [0.4, 0.5) is 0 Å². The van der Waals surface area contributed by atoms with Gasteiger partial charge in [-0.15, -0.1) is 0 Å². The number of ether oxygens (including phenoxy) is 2.